The summed E-state index contributed by atoms with van der Waals surface area (Å²) in [5.41, 5.74) is 2.48. The monoisotopic (exact) mass is 355 g/mol. The van der Waals surface area contributed by atoms with Gasteiger partial charge < -0.3 is 10.6 Å². The lowest BCUT2D eigenvalue weighted by atomic mass is 10.1. The van der Waals surface area contributed by atoms with Crippen molar-refractivity contribution in [3.63, 3.8) is 0 Å². The maximum atomic E-state index is 12.2. The molecule has 2 rings (SSSR count). The number of halogens is 1. The van der Waals surface area contributed by atoms with Crippen molar-refractivity contribution in [3.8, 4) is 6.07 Å². The van der Waals surface area contributed by atoms with Gasteiger partial charge >= 0.3 is 0 Å². The topological polar surface area (TPSA) is 82.0 Å². The summed E-state index contributed by atoms with van der Waals surface area (Å²) in [6.45, 7) is 0.258. The lowest BCUT2D eigenvalue weighted by Crippen LogP contribution is -2.23. The van der Waals surface area contributed by atoms with Crippen molar-refractivity contribution in [2.24, 2.45) is 0 Å². The number of carbonyl (C=O) groups is 2. The fourth-order valence-electron chi connectivity index (χ4n) is 2.25. The number of hydrogen-bond acceptors (Lipinski definition) is 3. The van der Waals surface area contributed by atoms with Gasteiger partial charge in [-0.05, 0) is 35.7 Å². The number of hydrogen-bond donors (Lipinski definition) is 2. The van der Waals surface area contributed by atoms with E-state index in [2.05, 4.69) is 10.6 Å². The molecule has 0 aliphatic rings. The zero-order valence-electron chi connectivity index (χ0n) is 13.6. The number of rotatable bonds is 7. The molecule has 0 spiro atoms. The van der Waals surface area contributed by atoms with Gasteiger partial charge in [-0.3, -0.25) is 9.59 Å². The Hall–Kier alpha value is -2.84. The number of nitrogens with one attached hydrogen (secondary N) is 2. The highest BCUT2D eigenvalue weighted by molar-refractivity contribution is 6.30. The van der Waals surface area contributed by atoms with Crippen LogP contribution >= 0.6 is 11.6 Å². The Morgan fingerprint density at radius 1 is 1.04 bits per heavy atom. The fourth-order valence-corrected chi connectivity index (χ4v) is 2.37. The van der Waals surface area contributed by atoms with Gasteiger partial charge in [0.2, 0.25) is 11.8 Å². The molecule has 0 unspecified atom stereocenters. The minimum absolute atomic E-state index is 0.106. The van der Waals surface area contributed by atoms with Crippen LogP contribution < -0.4 is 10.6 Å². The molecule has 128 valence electrons. The predicted molar refractivity (Wildman–Crippen MR) is 96.9 cm³/mol. The van der Waals surface area contributed by atoms with Crippen molar-refractivity contribution < 1.29 is 9.59 Å². The lowest BCUT2D eigenvalue weighted by molar-refractivity contribution is -0.120. The molecule has 0 atom stereocenters. The molecule has 0 saturated carbocycles. The minimum Gasteiger partial charge on any atom is -0.351 e. The molecular weight excluding hydrogens is 338 g/mol. The zero-order valence-corrected chi connectivity index (χ0v) is 14.3. The van der Waals surface area contributed by atoms with Gasteiger partial charge in [-0.1, -0.05) is 41.9 Å². The zero-order chi connectivity index (χ0) is 18.1. The Kier molecular flexibility index (Phi) is 7.00. The van der Waals surface area contributed by atoms with Crippen LogP contribution in [0.15, 0.2) is 48.5 Å². The summed E-state index contributed by atoms with van der Waals surface area (Å²) >= 11 is 5.84. The van der Waals surface area contributed by atoms with E-state index in [1.54, 1.807) is 24.3 Å². The van der Waals surface area contributed by atoms with Crippen LogP contribution in [0.4, 0.5) is 5.69 Å². The number of para-hydroxylation sites is 1. The molecule has 25 heavy (non-hydrogen) atoms. The van der Waals surface area contributed by atoms with Crippen LogP contribution in [0.3, 0.4) is 0 Å². The minimum atomic E-state index is -0.341. The molecule has 5 nitrogen and oxygen atoms in total. The Bertz CT molecular complexity index is 782. The smallest absolute Gasteiger partial charge is 0.234 e. The average Bonchev–Trinajstić information content (AvgIpc) is 2.61. The molecule has 0 fully saturated rings. The van der Waals surface area contributed by atoms with Crippen LogP contribution in [0.1, 0.15) is 24.0 Å². The lowest BCUT2D eigenvalue weighted by Gasteiger charge is -2.11. The van der Waals surface area contributed by atoms with Crippen LogP contribution in [-0.4, -0.2) is 11.8 Å². The van der Waals surface area contributed by atoms with E-state index in [0.29, 0.717) is 23.6 Å². The third-order valence-corrected chi connectivity index (χ3v) is 3.81. The number of benzene rings is 2. The maximum absolute atomic E-state index is 12.2. The first-order valence-corrected chi connectivity index (χ1v) is 8.22. The number of amides is 2. The summed E-state index contributed by atoms with van der Waals surface area (Å²) in [4.78, 5) is 23.6. The van der Waals surface area contributed by atoms with E-state index in [4.69, 9.17) is 16.9 Å². The van der Waals surface area contributed by atoms with Gasteiger partial charge in [-0.15, -0.1) is 0 Å². The Labute approximate surface area is 151 Å². The van der Waals surface area contributed by atoms with Gasteiger partial charge in [0, 0.05) is 23.7 Å². The number of aryl methyl sites for hydroxylation is 1. The van der Waals surface area contributed by atoms with Crippen LogP contribution in [0.25, 0.3) is 0 Å². The summed E-state index contributed by atoms with van der Waals surface area (Å²) in [5.74, 6) is -0.447. The molecular formula is C19H18ClN3O2. The summed E-state index contributed by atoms with van der Waals surface area (Å²) in [6, 6.07) is 16.4. The van der Waals surface area contributed by atoms with Crippen LogP contribution in [0, 0.1) is 11.3 Å². The first-order valence-electron chi connectivity index (χ1n) is 7.84. The molecule has 0 bridgehead atoms. The van der Waals surface area contributed by atoms with E-state index in [-0.39, 0.29) is 24.8 Å². The molecule has 0 saturated heterocycles. The van der Waals surface area contributed by atoms with E-state index in [0.717, 1.165) is 11.1 Å². The molecule has 0 radical (unpaired) electrons. The molecule has 2 aromatic carbocycles. The highest BCUT2D eigenvalue weighted by Gasteiger charge is 2.08. The quantitative estimate of drug-likeness (QED) is 0.798. The molecule has 0 aliphatic carbocycles. The second-order valence-corrected chi connectivity index (χ2v) is 5.88. The average molecular weight is 356 g/mol. The van der Waals surface area contributed by atoms with Crippen molar-refractivity contribution in [1.29, 1.82) is 5.26 Å². The first-order chi connectivity index (χ1) is 12.1. The second-order valence-electron chi connectivity index (χ2n) is 5.44. The molecule has 2 amide bonds. The molecule has 0 heterocycles. The van der Waals surface area contributed by atoms with Crippen LogP contribution in [-0.2, 0) is 22.6 Å². The standard InChI is InChI=1S/C19H18ClN3O2/c20-16-8-5-14(6-9-16)7-10-19(25)23-17-4-2-1-3-15(17)13-22-18(24)11-12-21/h1-6,8-9H,7,10-11,13H2,(H,22,24)(H,23,25). The number of anilines is 1. The highest BCUT2D eigenvalue weighted by Crippen LogP contribution is 2.16. The van der Waals surface area contributed by atoms with Crippen molar-refractivity contribution in [1.82, 2.24) is 5.32 Å². The largest absolute Gasteiger partial charge is 0.351 e. The normalized spacial score (nSPS) is 9.92. The van der Waals surface area contributed by atoms with Gasteiger partial charge in [-0.2, -0.15) is 5.26 Å². The third-order valence-electron chi connectivity index (χ3n) is 3.56. The van der Waals surface area contributed by atoms with Crippen molar-refractivity contribution in [2.75, 3.05) is 5.32 Å². The van der Waals surface area contributed by atoms with E-state index in [1.807, 2.05) is 30.3 Å². The Morgan fingerprint density at radius 2 is 1.76 bits per heavy atom. The molecule has 0 aliphatic heterocycles. The van der Waals surface area contributed by atoms with E-state index in [9.17, 15) is 9.59 Å². The molecule has 0 aromatic heterocycles. The van der Waals surface area contributed by atoms with E-state index >= 15 is 0 Å². The molecule has 2 N–H and O–H groups in total. The van der Waals surface area contributed by atoms with Gasteiger partial charge in [0.05, 0.1) is 6.07 Å². The van der Waals surface area contributed by atoms with Crippen molar-refractivity contribution >= 4 is 29.1 Å². The molecule has 2 aromatic rings. The van der Waals surface area contributed by atoms with Crippen molar-refractivity contribution in [3.05, 3.63) is 64.7 Å². The van der Waals surface area contributed by atoms with E-state index in [1.165, 1.54) is 0 Å². The summed E-state index contributed by atoms with van der Waals surface area (Å²) in [7, 11) is 0. The summed E-state index contributed by atoms with van der Waals surface area (Å²) in [6.07, 6.45) is 0.774. The summed E-state index contributed by atoms with van der Waals surface area (Å²) in [5, 5.41) is 14.7. The Balaban J connectivity index is 1.90. The number of nitriles is 1. The highest BCUT2D eigenvalue weighted by atomic mass is 35.5. The molecule has 6 heteroatoms. The summed E-state index contributed by atoms with van der Waals surface area (Å²) < 4.78 is 0. The Morgan fingerprint density at radius 3 is 2.48 bits per heavy atom. The van der Waals surface area contributed by atoms with Crippen LogP contribution in [0.2, 0.25) is 5.02 Å². The first kappa shape index (κ1) is 18.5. The number of nitrogens with zero attached hydrogens (tertiary/aromatic N) is 1. The maximum Gasteiger partial charge on any atom is 0.234 e. The third kappa shape index (κ3) is 6.28. The number of carbonyl (C=O) groups excluding carboxylic acids is 2. The van der Waals surface area contributed by atoms with Crippen LogP contribution in [0.5, 0.6) is 0 Å². The SMILES string of the molecule is N#CCC(=O)NCc1ccccc1NC(=O)CCc1ccc(Cl)cc1. The van der Waals surface area contributed by atoms with E-state index < -0.39 is 0 Å². The van der Waals surface area contributed by atoms with Gasteiger partial charge in [0.15, 0.2) is 0 Å². The second kappa shape index (κ2) is 9.45. The predicted octanol–water partition coefficient (Wildman–Crippen LogP) is 3.44. The fraction of sp³-hybridized carbons (Fsp3) is 0.211. The van der Waals surface area contributed by atoms with Crippen molar-refractivity contribution in [2.45, 2.75) is 25.8 Å². The van der Waals surface area contributed by atoms with Gasteiger partial charge in [0.1, 0.15) is 6.42 Å². The van der Waals surface area contributed by atoms with Gasteiger partial charge in [-0.25, -0.2) is 0 Å². The van der Waals surface area contributed by atoms with Gasteiger partial charge in [0.25, 0.3) is 0 Å².